The summed E-state index contributed by atoms with van der Waals surface area (Å²) in [6, 6.07) is 3.93. The highest BCUT2D eigenvalue weighted by atomic mass is 15.3. The monoisotopic (exact) mass is 311 g/mol. The van der Waals surface area contributed by atoms with Gasteiger partial charge in [0.25, 0.3) is 0 Å². The van der Waals surface area contributed by atoms with Crippen molar-refractivity contribution >= 4 is 16.9 Å². The summed E-state index contributed by atoms with van der Waals surface area (Å²) in [7, 11) is 1.90. The first-order valence-corrected chi connectivity index (χ1v) is 7.73. The van der Waals surface area contributed by atoms with Crippen LogP contribution in [0.25, 0.3) is 11.0 Å². The molecule has 0 fully saturated rings. The second-order valence-electron chi connectivity index (χ2n) is 6.11. The third-order valence-corrected chi connectivity index (χ3v) is 3.70. The molecule has 0 spiro atoms. The Labute approximate surface area is 135 Å². The van der Waals surface area contributed by atoms with Crippen molar-refractivity contribution in [1.29, 1.82) is 0 Å². The van der Waals surface area contributed by atoms with E-state index in [2.05, 4.69) is 44.2 Å². The van der Waals surface area contributed by atoms with Crippen LogP contribution in [-0.4, -0.2) is 29.7 Å². The summed E-state index contributed by atoms with van der Waals surface area (Å²) in [6.07, 6.45) is 4.06. The molecule has 23 heavy (non-hydrogen) atoms. The Morgan fingerprint density at radius 3 is 2.65 bits per heavy atom. The van der Waals surface area contributed by atoms with Crippen LogP contribution in [-0.2, 0) is 7.05 Å². The van der Waals surface area contributed by atoms with Gasteiger partial charge in [-0.3, -0.25) is 4.68 Å². The zero-order valence-corrected chi connectivity index (χ0v) is 13.9. The molecule has 0 amide bonds. The number of hydrogen-bond donors (Lipinski definition) is 1. The van der Waals surface area contributed by atoms with Gasteiger partial charge in [0, 0.05) is 12.7 Å². The Hall–Kier alpha value is -2.57. The third kappa shape index (κ3) is 3.28. The molecule has 1 N–H and O–H groups in total. The molecule has 3 aromatic heterocycles. The molecule has 0 aliphatic rings. The Morgan fingerprint density at radius 2 is 1.96 bits per heavy atom. The fourth-order valence-electron chi connectivity index (χ4n) is 2.63. The first kappa shape index (κ1) is 15.3. The largest absolute Gasteiger partial charge is 0.358 e. The van der Waals surface area contributed by atoms with Crippen LogP contribution in [0.3, 0.4) is 0 Å². The lowest BCUT2D eigenvalue weighted by Crippen LogP contribution is -2.19. The van der Waals surface area contributed by atoms with Crippen LogP contribution in [0, 0.1) is 12.8 Å². The summed E-state index contributed by atoms with van der Waals surface area (Å²) in [6.45, 7) is 6.33. The van der Waals surface area contributed by atoms with Gasteiger partial charge in [-0.15, -0.1) is 0 Å². The SMILES string of the molecule is Cc1ccc2ncnc(NC(CC(C)C)c3ncnn3C)c2n1. The van der Waals surface area contributed by atoms with Gasteiger partial charge in [-0.2, -0.15) is 5.10 Å². The highest BCUT2D eigenvalue weighted by Crippen LogP contribution is 2.26. The van der Waals surface area contributed by atoms with Crippen LogP contribution in [0.2, 0.25) is 0 Å². The molecule has 7 heteroatoms. The smallest absolute Gasteiger partial charge is 0.156 e. The Morgan fingerprint density at radius 1 is 1.13 bits per heavy atom. The molecular weight excluding hydrogens is 290 g/mol. The van der Waals surface area contributed by atoms with Crippen molar-refractivity contribution in [3.8, 4) is 0 Å². The van der Waals surface area contributed by atoms with Crippen LogP contribution >= 0.6 is 0 Å². The van der Waals surface area contributed by atoms with Crippen LogP contribution in [0.1, 0.15) is 37.8 Å². The van der Waals surface area contributed by atoms with E-state index in [1.165, 1.54) is 0 Å². The summed E-state index contributed by atoms with van der Waals surface area (Å²) in [5.41, 5.74) is 2.55. The first-order chi connectivity index (χ1) is 11.0. The maximum Gasteiger partial charge on any atom is 0.156 e. The molecule has 0 aliphatic carbocycles. The van der Waals surface area contributed by atoms with E-state index in [1.54, 1.807) is 17.3 Å². The van der Waals surface area contributed by atoms with E-state index in [1.807, 2.05) is 26.1 Å². The Kier molecular flexibility index (Phi) is 4.18. The Bertz CT molecular complexity index is 809. The quantitative estimate of drug-likeness (QED) is 0.780. The van der Waals surface area contributed by atoms with E-state index in [4.69, 9.17) is 0 Å². The summed E-state index contributed by atoms with van der Waals surface area (Å²) in [5.74, 6) is 2.12. The fourth-order valence-corrected chi connectivity index (χ4v) is 2.63. The standard InChI is InChI=1S/C16H21N7/c1-10(2)7-13(16-19-9-20-23(16)4)22-15-14-12(17-8-18-15)6-5-11(3)21-14/h5-6,8-10,13H,7H2,1-4H3,(H,17,18,22). The van der Waals surface area contributed by atoms with Crippen molar-refractivity contribution in [2.45, 2.75) is 33.2 Å². The molecule has 0 aromatic carbocycles. The van der Waals surface area contributed by atoms with Gasteiger partial charge in [-0.25, -0.2) is 19.9 Å². The van der Waals surface area contributed by atoms with Crippen LogP contribution in [0.5, 0.6) is 0 Å². The molecule has 0 aliphatic heterocycles. The normalized spacial score (nSPS) is 12.7. The van der Waals surface area contributed by atoms with Crippen molar-refractivity contribution in [3.63, 3.8) is 0 Å². The lowest BCUT2D eigenvalue weighted by molar-refractivity contribution is 0.498. The molecule has 1 atom stereocenters. The van der Waals surface area contributed by atoms with Gasteiger partial charge in [0.15, 0.2) is 5.82 Å². The number of pyridine rings is 1. The minimum atomic E-state index is 0.0166. The summed E-state index contributed by atoms with van der Waals surface area (Å²) in [4.78, 5) is 17.6. The highest BCUT2D eigenvalue weighted by Gasteiger charge is 2.20. The van der Waals surface area contributed by atoms with E-state index in [0.29, 0.717) is 5.92 Å². The Balaban J connectivity index is 2.00. The number of anilines is 1. The van der Waals surface area contributed by atoms with Gasteiger partial charge in [0.1, 0.15) is 24.0 Å². The van der Waals surface area contributed by atoms with E-state index in [-0.39, 0.29) is 6.04 Å². The lowest BCUT2D eigenvalue weighted by atomic mass is 10.0. The minimum Gasteiger partial charge on any atom is -0.358 e. The van der Waals surface area contributed by atoms with Crippen LogP contribution in [0.4, 0.5) is 5.82 Å². The molecule has 120 valence electrons. The van der Waals surface area contributed by atoms with Crippen molar-refractivity contribution in [2.24, 2.45) is 13.0 Å². The lowest BCUT2D eigenvalue weighted by Gasteiger charge is -2.20. The van der Waals surface area contributed by atoms with Gasteiger partial charge in [0.2, 0.25) is 0 Å². The van der Waals surface area contributed by atoms with E-state index < -0.39 is 0 Å². The number of nitrogens with one attached hydrogen (secondary N) is 1. The maximum absolute atomic E-state index is 4.58. The van der Waals surface area contributed by atoms with E-state index >= 15 is 0 Å². The van der Waals surface area contributed by atoms with Gasteiger partial charge < -0.3 is 5.32 Å². The fraction of sp³-hybridized carbons (Fsp3) is 0.438. The molecule has 3 rings (SSSR count). The number of rotatable bonds is 5. The van der Waals surface area contributed by atoms with Crippen LogP contribution in [0.15, 0.2) is 24.8 Å². The third-order valence-electron chi connectivity index (χ3n) is 3.70. The topological polar surface area (TPSA) is 81.4 Å². The zero-order chi connectivity index (χ0) is 16.4. The molecular formula is C16H21N7. The summed E-state index contributed by atoms with van der Waals surface area (Å²) in [5, 5.41) is 7.67. The van der Waals surface area contributed by atoms with Gasteiger partial charge >= 0.3 is 0 Å². The van der Waals surface area contributed by atoms with E-state index in [0.717, 1.165) is 34.8 Å². The number of aryl methyl sites for hydroxylation is 2. The predicted octanol–water partition coefficient (Wildman–Crippen LogP) is 2.66. The molecule has 0 saturated heterocycles. The van der Waals surface area contributed by atoms with Gasteiger partial charge in [-0.05, 0) is 31.4 Å². The predicted molar refractivity (Wildman–Crippen MR) is 88.9 cm³/mol. The van der Waals surface area contributed by atoms with Crippen LogP contribution < -0.4 is 5.32 Å². The minimum absolute atomic E-state index is 0.0166. The first-order valence-electron chi connectivity index (χ1n) is 7.73. The molecule has 0 bridgehead atoms. The summed E-state index contributed by atoms with van der Waals surface area (Å²) < 4.78 is 1.79. The number of aromatic nitrogens is 6. The second-order valence-corrected chi connectivity index (χ2v) is 6.11. The van der Waals surface area contributed by atoms with Crippen molar-refractivity contribution < 1.29 is 0 Å². The van der Waals surface area contributed by atoms with E-state index in [9.17, 15) is 0 Å². The van der Waals surface area contributed by atoms with Crippen molar-refractivity contribution in [2.75, 3.05) is 5.32 Å². The highest BCUT2D eigenvalue weighted by molar-refractivity contribution is 5.84. The summed E-state index contributed by atoms with van der Waals surface area (Å²) >= 11 is 0. The molecule has 1 unspecified atom stereocenters. The zero-order valence-electron chi connectivity index (χ0n) is 13.9. The van der Waals surface area contributed by atoms with Crippen molar-refractivity contribution in [3.05, 3.63) is 36.3 Å². The average Bonchev–Trinajstić information content (AvgIpc) is 2.93. The van der Waals surface area contributed by atoms with Gasteiger partial charge in [-0.1, -0.05) is 13.8 Å². The van der Waals surface area contributed by atoms with Gasteiger partial charge in [0.05, 0.1) is 11.6 Å². The molecule has 3 heterocycles. The number of nitrogens with zero attached hydrogens (tertiary/aromatic N) is 6. The second kappa shape index (κ2) is 6.28. The number of hydrogen-bond acceptors (Lipinski definition) is 6. The molecule has 0 saturated carbocycles. The number of fused-ring (bicyclic) bond motifs is 1. The molecule has 3 aromatic rings. The average molecular weight is 311 g/mol. The molecule has 7 nitrogen and oxygen atoms in total. The van der Waals surface area contributed by atoms with Crippen molar-refractivity contribution in [1.82, 2.24) is 29.7 Å². The molecule has 0 radical (unpaired) electrons. The maximum atomic E-state index is 4.58.